The number of aliphatic imine (C=N–C) groups is 1. The summed E-state index contributed by atoms with van der Waals surface area (Å²) in [6.07, 6.45) is 3.31. The van der Waals surface area contributed by atoms with Gasteiger partial charge < -0.3 is 10.6 Å². The molecular weight excluding hydrogens is 282 g/mol. The second-order valence-electron chi connectivity index (χ2n) is 5.77. The predicted molar refractivity (Wildman–Crippen MR) is 85.9 cm³/mol. The lowest BCUT2D eigenvalue weighted by Gasteiger charge is -2.26. The molecule has 0 rings (SSSR count). The lowest BCUT2D eigenvalue weighted by atomic mass is 10.2. The van der Waals surface area contributed by atoms with Crippen LogP contribution in [0.2, 0.25) is 0 Å². The fourth-order valence-electron chi connectivity index (χ4n) is 1.02. The van der Waals surface area contributed by atoms with Crippen LogP contribution in [0.15, 0.2) is 4.99 Å². The highest BCUT2D eigenvalue weighted by atomic mass is 32.2. The summed E-state index contributed by atoms with van der Waals surface area (Å²) >= 11 is 1.77. The number of thioether (sulfide) groups is 1. The molecule has 0 fully saturated rings. The van der Waals surface area contributed by atoms with Gasteiger partial charge >= 0.3 is 0 Å². The SMILES string of the molecule is CN=C(NCC(C)(C)SC)NCC(C)(C)S(C)(=O)=O. The van der Waals surface area contributed by atoms with E-state index in [4.69, 9.17) is 0 Å². The Balaban J connectivity index is 4.47. The number of sulfone groups is 1. The maximum Gasteiger partial charge on any atom is 0.191 e. The van der Waals surface area contributed by atoms with Gasteiger partial charge in [-0.05, 0) is 34.0 Å². The van der Waals surface area contributed by atoms with Gasteiger partial charge in [0.1, 0.15) is 0 Å². The third-order valence-electron chi connectivity index (χ3n) is 3.14. The van der Waals surface area contributed by atoms with E-state index in [9.17, 15) is 8.42 Å². The van der Waals surface area contributed by atoms with E-state index in [-0.39, 0.29) is 4.75 Å². The normalized spacial score (nSPS) is 14.4. The molecule has 0 atom stereocenters. The van der Waals surface area contributed by atoms with Crippen LogP contribution in [0.5, 0.6) is 0 Å². The van der Waals surface area contributed by atoms with Gasteiger partial charge in [-0.15, -0.1) is 0 Å². The highest BCUT2D eigenvalue weighted by Gasteiger charge is 2.30. The van der Waals surface area contributed by atoms with Crippen LogP contribution >= 0.6 is 11.8 Å². The molecule has 0 aliphatic heterocycles. The largest absolute Gasteiger partial charge is 0.355 e. The first-order valence-electron chi connectivity index (χ1n) is 6.14. The van der Waals surface area contributed by atoms with E-state index < -0.39 is 14.6 Å². The molecule has 2 N–H and O–H groups in total. The van der Waals surface area contributed by atoms with Gasteiger partial charge in [0.15, 0.2) is 15.8 Å². The zero-order valence-corrected chi connectivity index (χ0v) is 14.6. The standard InChI is InChI=1S/C12H27N3O2S2/c1-11(2,18-6)8-14-10(13-5)15-9-12(3,4)19(7,16)17/h8-9H2,1-7H3,(H2,13,14,15). The van der Waals surface area contributed by atoms with E-state index >= 15 is 0 Å². The molecule has 0 aromatic heterocycles. The molecule has 5 nitrogen and oxygen atoms in total. The van der Waals surface area contributed by atoms with E-state index in [1.54, 1.807) is 32.7 Å². The van der Waals surface area contributed by atoms with Crippen molar-refractivity contribution in [3.8, 4) is 0 Å². The van der Waals surface area contributed by atoms with Crippen molar-refractivity contribution in [3.63, 3.8) is 0 Å². The fraction of sp³-hybridized carbons (Fsp3) is 0.917. The highest BCUT2D eigenvalue weighted by molar-refractivity contribution is 7.99. The van der Waals surface area contributed by atoms with E-state index in [0.29, 0.717) is 12.5 Å². The third-order valence-corrected chi connectivity index (χ3v) is 6.54. The van der Waals surface area contributed by atoms with Crippen LogP contribution in [-0.4, -0.2) is 56.5 Å². The molecule has 0 heterocycles. The molecule has 0 aliphatic carbocycles. The molecular formula is C12H27N3O2S2. The molecule has 0 saturated carbocycles. The molecule has 0 aliphatic rings. The molecule has 0 radical (unpaired) electrons. The summed E-state index contributed by atoms with van der Waals surface area (Å²) in [5, 5.41) is 6.27. The number of guanidine groups is 1. The first-order valence-corrected chi connectivity index (χ1v) is 9.26. The average molecular weight is 310 g/mol. The van der Waals surface area contributed by atoms with Gasteiger partial charge in [0.05, 0.1) is 4.75 Å². The van der Waals surface area contributed by atoms with Crippen molar-refractivity contribution in [2.24, 2.45) is 4.99 Å². The summed E-state index contributed by atoms with van der Waals surface area (Å²) in [4.78, 5) is 4.10. The molecule has 0 unspecified atom stereocenters. The van der Waals surface area contributed by atoms with Crippen LogP contribution in [0.4, 0.5) is 0 Å². The average Bonchev–Trinajstić information content (AvgIpc) is 2.27. The first-order chi connectivity index (χ1) is 8.45. The Bertz CT molecular complexity index is 415. The van der Waals surface area contributed by atoms with E-state index in [2.05, 4.69) is 35.7 Å². The molecule has 19 heavy (non-hydrogen) atoms. The number of nitrogens with zero attached hydrogens (tertiary/aromatic N) is 1. The Hall–Kier alpha value is -0.430. The minimum Gasteiger partial charge on any atom is -0.355 e. The Morgan fingerprint density at radius 2 is 1.63 bits per heavy atom. The summed E-state index contributed by atoms with van der Waals surface area (Å²) in [5.74, 6) is 0.624. The van der Waals surface area contributed by atoms with E-state index in [0.717, 1.165) is 6.54 Å². The van der Waals surface area contributed by atoms with Gasteiger partial charge in [-0.25, -0.2) is 8.42 Å². The second-order valence-corrected chi connectivity index (χ2v) is 9.94. The maximum absolute atomic E-state index is 11.6. The summed E-state index contributed by atoms with van der Waals surface area (Å²) in [5.41, 5.74) is 0. The Labute approximate surface area is 121 Å². The van der Waals surface area contributed by atoms with Crippen molar-refractivity contribution < 1.29 is 8.42 Å². The molecule has 0 aromatic carbocycles. The molecule has 7 heteroatoms. The smallest absolute Gasteiger partial charge is 0.191 e. The monoisotopic (exact) mass is 309 g/mol. The van der Waals surface area contributed by atoms with E-state index in [1.165, 1.54) is 6.26 Å². The molecule has 0 aromatic rings. The Morgan fingerprint density at radius 1 is 1.16 bits per heavy atom. The highest BCUT2D eigenvalue weighted by Crippen LogP contribution is 2.19. The quantitative estimate of drug-likeness (QED) is 0.568. The lowest BCUT2D eigenvalue weighted by molar-refractivity contribution is 0.543. The Kier molecular flexibility index (Phi) is 6.68. The molecule has 0 saturated heterocycles. The number of nitrogens with one attached hydrogen (secondary N) is 2. The second kappa shape index (κ2) is 6.83. The number of hydrogen-bond acceptors (Lipinski definition) is 4. The summed E-state index contributed by atoms with van der Waals surface area (Å²) in [6.45, 7) is 8.76. The maximum atomic E-state index is 11.6. The zero-order chi connectivity index (χ0) is 15.3. The van der Waals surface area contributed by atoms with Crippen LogP contribution in [0.3, 0.4) is 0 Å². The summed E-state index contributed by atoms with van der Waals surface area (Å²) in [6, 6.07) is 0. The number of rotatable bonds is 6. The molecule has 0 spiro atoms. The first kappa shape index (κ1) is 18.6. The van der Waals surface area contributed by atoms with Crippen molar-refractivity contribution in [2.75, 3.05) is 32.6 Å². The van der Waals surface area contributed by atoms with Crippen molar-refractivity contribution in [3.05, 3.63) is 0 Å². The minimum absolute atomic E-state index is 0.101. The van der Waals surface area contributed by atoms with Gasteiger partial charge in [0.2, 0.25) is 0 Å². The van der Waals surface area contributed by atoms with Crippen molar-refractivity contribution in [2.45, 2.75) is 37.2 Å². The fourth-order valence-corrected chi connectivity index (χ4v) is 1.57. The lowest BCUT2D eigenvalue weighted by Crippen LogP contribution is -2.49. The summed E-state index contributed by atoms with van der Waals surface area (Å²) < 4.78 is 22.5. The van der Waals surface area contributed by atoms with Crippen molar-refractivity contribution in [1.29, 1.82) is 0 Å². The summed E-state index contributed by atoms with van der Waals surface area (Å²) in [7, 11) is -1.43. The van der Waals surface area contributed by atoms with Crippen LogP contribution < -0.4 is 10.6 Å². The van der Waals surface area contributed by atoms with E-state index in [1.807, 2.05) is 0 Å². The van der Waals surface area contributed by atoms with Gasteiger partial charge in [-0.3, -0.25) is 4.99 Å². The van der Waals surface area contributed by atoms with Crippen LogP contribution in [0, 0.1) is 0 Å². The Morgan fingerprint density at radius 3 is 2.00 bits per heavy atom. The van der Waals surface area contributed by atoms with Crippen LogP contribution in [-0.2, 0) is 9.84 Å². The topological polar surface area (TPSA) is 70.6 Å². The molecule has 0 bridgehead atoms. The van der Waals surface area contributed by atoms with Crippen molar-refractivity contribution >= 4 is 27.6 Å². The van der Waals surface area contributed by atoms with Crippen molar-refractivity contribution in [1.82, 2.24) is 10.6 Å². The zero-order valence-electron chi connectivity index (χ0n) is 13.0. The van der Waals surface area contributed by atoms with Gasteiger partial charge in [-0.2, -0.15) is 11.8 Å². The van der Waals surface area contributed by atoms with Gasteiger partial charge in [0.25, 0.3) is 0 Å². The van der Waals surface area contributed by atoms with Gasteiger partial charge in [-0.1, -0.05) is 0 Å². The van der Waals surface area contributed by atoms with Crippen LogP contribution in [0.1, 0.15) is 27.7 Å². The predicted octanol–water partition coefficient (Wildman–Crippen LogP) is 1.12. The van der Waals surface area contributed by atoms with Gasteiger partial charge in [0, 0.05) is 31.1 Å². The molecule has 0 amide bonds. The molecule has 114 valence electrons. The third kappa shape index (κ3) is 6.51. The number of hydrogen-bond donors (Lipinski definition) is 2. The van der Waals surface area contributed by atoms with Crippen LogP contribution in [0.25, 0.3) is 0 Å². The minimum atomic E-state index is -3.10.